The molecule has 1 aromatic heterocycles. The molecule has 0 atom stereocenters. The lowest BCUT2D eigenvalue weighted by atomic mass is 10.0. The zero-order chi connectivity index (χ0) is 8.84. The second-order valence-electron chi connectivity index (χ2n) is 3.02. The molecule has 0 unspecified atom stereocenters. The zero-order valence-electron chi connectivity index (χ0n) is 6.74. The van der Waals surface area contributed by atoms with Gasteiger partial charge in [-0.2, -0.15) is 0 Å². The summed E-state index contributed by atoms with van der Waals surface area (Å²) < 4.78 is 3.81. The molecule has 0 aromatic carbocycles. The van der Waals surface area contributed by atoms with Gasteiger partial charge in [0.05, 0.1) is 4.53 Å². The van der Waals surface area contributed by atoms with E-state index in [9.17, 15) is 0 Å². The first-order chi connectivity index (χ1) is 6.34. The van der Waals surface area contributed by atoms with Crippen molar-refractivity contribution in [1.29, 1.82) is 0 Å². The van der Waals surface area contributed by atoms with E-state index in [-0.39, 0.29) is 0 Å². The molecule has 13 heavy (non-hydrogen) atoms. The molecule has 3 heteroatoms. The molecule has 0 saturated heterocycles. The molecule has 0 aliphatic heterocycles. The lowest BCUT2D eigenvalue weighted by Crippen LogP contribution is -2.13. The van der Waals surface area contributed by atoms with Crippen LogP contribution in [0.15, 0.2) is 23.8 Å². The predicted octanol–water partition coefficient (Wildman–Crippen LogP) is 2.37. The Morgan fingerprint density at radius 1 is 1.31 bits per heavy atom. The van der Waals surface area contributed by atoms with Gasteiger partial charge in [0, 0.05) is 4.53 Å². The smallest absolute Gasteiger partial charge is 0.113 e. The summed E-state index contributed by atoms with van der Waals surface area (Å²) in [5, 5.41) is 0. The lowest BCUT2D eigenvalue weighted by molar-refractivity contribution is 1.38. The molecule has 0 N–H and O–H groups in total. The molecule has 0 bridgehead atoms. The van der Waals surface area contributed by atoms with Crippen LogP contribution in [-0.4, -0.2) is 0 Å². The summed E-state index contributed by atoms with van der Waals surface area (Å²) in [6, 6.07) is 0. The Balaban J connectivity index is 2.49. The molecule has 1 aromatic rings. The van der Waals surface area contributed by atoms with Gasteiger partial charge in [-0.1, -0.05) is 30.4 Å². The van der Waals surface area contributed by atoms with Gasteiger partial charge in [0.2, 0.25) is 0 Å². The van der Waals surface area contributed by atoms with E-state index < -0.39 is 0 Å². The van der Waals surface area contributed by atoms with Gasteiger partial charge in [0.1, 0.15) is 3.14 Å². The van der Waals surface area contributed by atoms with Gasteiger partial charge in [0.15, 0.2) is 0 Å². The normalized spacial score (nSPS) is 17.8. The van der Waals surface area contributed by atoms with Gasteiger partial charge in [-0.3, -0.25) is 0 Å². The van der Waals surface area contributed by atoms with E-state index in [1.165, 1.54) is 20.2 Å². The molecule has 2 aliphatic carbocycles. The fourth-order valence-corrected chi connectivity index (χ4v) is 4.36. The number of fused-ring (bicyclic) bond motifs is 2. The maximum absolute atomic E-state index is 5.18. The maximum Gasteiger partial charge on any atom is 0.144 e. The molecule has 0 fully saturated rings. The average Bonchev–Trinajstić information content (AvgIpc) is 2.60. The van der Waals surface area contributed by atoms with Crippen molar-refractivity contribution in [2.75, 3.05) is 0 Å². The van der Waals surface area contributed by atoms with Gasteiger partial charge in [-0.05, 0) is 23.6 Å². The van der Waals surface area contributed by atoms with E-state index in [0.717, 1.165) is 9.56 Å². The Kier molecular flexibility index (Phi) is 1.65. The Hall–Kier alpha value is -0.510. The minimum Gasteiger partial charge on any atom is -0.113 e. The number of allylic oxidation sites excluding steroid dienone is 4. The molecule has 0 amide bonds. The summed E-state index contributed by atoms with van der Waals surface area (Å²) in [7, 11) is 0. The summed E-state index contributed by atoms with van der Waals surface area (Å²) in [6.07, 6.45) is 9.84. The van der Waals surface area contributed by atoms with Crippen LogP contribution in [0, 0.1) is 3.14 Å². The minimum absolute atomic E-state index is 1.04. The predicted molar refractivity (Wildman–Crippen MR) is 62.0 cm³/mol. The monoisotopic (exact) mass is 222 g/mol. The van der Waals surface area contributed by atoms with Crippen molar-refractivity contribution in [2.24, 2.45) is 0 Å². The third-order valence-electron chi connectivity index (χ3n) is 2.25. The maximum atomic E-state index is 5.18. The molecule has 0 nitrogen and oxygen atoms in total. The first-order valence-corrected chi connectivity index (χ1v) is 6.11. The van der Waals surface area contributed by atoms with E-state index in [4.69, 9.17) is 12.2 Å². The fraction of sp³-hybridized carbons (Fsp3) is 0.100. The van der Waals surface area contributed by atoms with Gasteiger partial charge >= 0.3 is 0 Å². The Bertz CT molecular complexity index is 593. The Morgan fingerprint density at radius 3 is 3.15 bits per heavy atom. The highest BCUT2D eigenvalue weighted by Gasteiger charge is 2.13. The minimum atomic E-state index is 1.04. The third-order valence-corrected chi connectivity index (χ3v) is 4.92. The van der Waals surface area contributed by atoms with Gasteiger partial charge in [-0.25, -0.2) is 0 Å². The van der Waals surface area contributed by atoms with Crippen LogP contribution in [0.2, 0.25) is 0 Å². The fourth-order valence-electron chi connectivity index (χ4n) is 1.67. The SMILES string of the molecule is S=c1sc2c(s1)=C1CC=CC=C1C=2. The number of rotatable bonds is 0. The summed E-state index contributed by atoms with van der Waals surface area (Å²) in [5.41, 5.74) is 2.85. The number of hydrogen-bond donors (Lipinski definition) is 0. The molecular weight excluding hydrogens is 216 g/mol. The van der Waals surface area contributed by atoms with Crippen molar-refractivity contribution < 1.29 is 0 Å². The number of hydrogen-bond acceptors (Lipinski definition) is 3. The first-order valence-electron chi connectivity index (χ1n) is 4.07. The van der Waals surface area contributed by atoms with Gasteiger partial charge < -0.3 is 0 Å². The molecule has 3 rings (SSSR count). The standard InChI is InChI=1S/C10H6S3/c11-10-12-8-5-6-3-1-2-4-7(6)9(8)13-10/h1-3,5H,4H2. The Labute approximate surface area is 88.9 Å². The molecule has 1 heterocycles. The summed E-state index contributed by atoms with van der Waals surface area (Å²) in [5.74, 6) is 0. The van der Waals surface area contributed by atoms with E-state index in [2.05, 4.69) is 24.3 Å². The summed E-state index contributed by atoms with van der Waals surface area (Å²) in [4.78, 5) is 0. The largest absolute Gasteiger partial charge is 0.144 e. The van der Waals surface area contributed by atoms with E-state index in [0.29, 0.717) is 0 Å². The Morgan fingerprint density at radius 2 is 2.23 bits per heavy atom. The third kappa shape index (κ3) is 1.11. The molecule has 2 aliphatic rings. The van der Waals surface area contributed by atoms with Crippen LogP contribution in [-0.2, 0) is 0 Å². The zero-order valence-corrected chi connectivity index (χ0v) is 9.19. The molecule has 64 valence electrons. The second kappa shape index (κ2) is 2.74. The van der Waals surface area contributed by atoms with Crippen LogP contribution in [0.3, 0.4) is 0 Å². The van der Waals surface area contributed by atoms with Crippen LogP contribution >= 0.6 is 34.9 Å². The molecule has 0 spiro atoms. The first kappa shape index (κ1) is 7.85. The van der Waals surface area contributed by atoms with Crippen LogP contribution in [0.1, 0.15) is 6.42 Å². The van der Waals surface area contributed by atoms with Crippen molar-refractivity contribution in [3.63, 3.8) is 0 Å². The van der Waals surface area contributed by atoms with Crippen LogP contribution in [0.25, 0.3) is 11.6 Å². The van der Waals surface area contributed by atoms with Crippen molar-refractivity contribution in [1.82, 2.24) is 0 Å². The lowest BCUT2D eigenvalue weighted by Gasteiger charge is -2.04. The quantitative estimate of drug-likeness (QED) is 0.607. The highest BCUT2D eigenvalue weighted by atomic mass is 32.2. The van der Waals surface area contributed by atoms with Gasteiger partial charge in [-0.15, -0.1) is 22.7 Å². The summed E-state index contributed by atoms with van der Waals surface area (Å²) in [6.45, 7) is 0. The second-order valence-corrected chi connectivity index (χ2v) is 6.28. The highest BCUT2D eigenvalue weighted by molar-refractivity contribution is 7.76. The van der Waals surface area contributed by atoms with Crippen molar-refractivity contribution >= 4 is 46.5 Å². The van der Waals surface area contributed by atoms with Crippen LogP contribution < -0.4 is 9.06 Å². The van der Waals surface area contributed by atoms with Crippen molar-refractivity contribution in [3.05, 3.63) is 36.0 Å². The molecule has 0 radical (unpaired) electrons. The van der Waals surface area contributed by atoms with Crippen molar-refractivity contribution in [3.8, 4) is 0 Å². The van der Waals surface area contributed by atoms with E-state index >= 15 is 0 Å². The molecule has 0 saturated carbocycles. The van der Waals surface area contributed by atoms with Crippen molar-refractivity contribution in [2.45, 2.75) is 6.42 Å². The highest BCUT2D eigenvalue weighted by Crippen LogP contribution is 2.24. The average molecular weight is 222 g/mol. The molecular formula is C10H6S3. The van der Waals surface area contributed by atoms with Gasteiger partial charge in [0.25, 0.3) is 0 Å². The summed E-state index contributed by atoms with van der Waals surface area (Å²) >= 11 is 8.66. The van der Waals surface area contributed by atoms with E-state index in [1.807, 2.05) is 0 Å². The van der Waals surface area contributed by atoms with Crippen LogP contribution in [0.4, 0.5) is 0 Å². The van der Waals surface area contributed by atoms with E-state index in [1.54, 1.807) is 22.7 Å². The van der Waals surface area contributed by atoms with Crippen LogP contribution in [0.5, 0.6) is 0 Å². The topological polar surface area (TPSA) is 0 Å².